The summed E-state index contributed by atoms with van der Waals surface area (Å²) in [6.07, 6.45) is 2.56. The first kappa shape index (κ1) is 10.1. The first-order valence-electron chi connectivity index (χ1n) is 6.15. The van der Waals surface area contributed by atoms with Crippen LogP contribution in [0.4, 0.5) is 5.00 Å². The lowest BCUT2D eigenvalue weighted by molar-refractivity contribution is 0.967. The number of nitrogens with zero attached hydrogens (tertiary/aromatic N) is 1. The minimum atomic E-state index is 0.692. The molecule has 2 heterocycles. The highest BCUT2D eigenvalue weighted by Crippen LogP contribution is 2.43. The van der Waals surface area contributed by atoms with Gasteiger partial charge < -0.3 is 5.73 Å². The number of thiophene rings is 1. The fourth-order valence-electron chi connectivity index (χ4n) is 2.40. The summed E-state index contributed by atoms with van der Waals surface area (Å²) < 4.78 is 1.22. The summed E-state index contributed by atoms with van der Waals surface area (Å²) >= 11 is 1.63. The van der Waals surface area contributed by atoms with Crippen molar-refractivity contribution in [1.82, 2.24) is 10.2 Å². The van der Waals surface area contributed by atoms with Gasteiger partial charge >= 0.3 is 0 Å². The Labute approximate surface area is 109 Å². The van der Waals surface area contributed by atoms with Crippen LogP contribution in [0.15, 0.2) is 30.3 Å². The molecule has 4 heteroatoms. The Morgan fingerprint density at radius 2 is 2.11 bits per heavy atom. The Hall–Kier alpha value is -1.81. The van der Waals surface area contributed by atoms with Gasteiger partial charge in [0.2, 0.25) is 0 Å². The fourth-order valence-corrected chi connectivity index (χ4v) is 3.38. The third kappa shape index (κ3) is 1.46. The number of rotatable bonds is 2. The highest BCUT2D eigenvalue weighted by molar-refractivity contribution is 7.23. The number of benzene rings is 1. The zero-order valence-corrected chi connectivity index (χ0v) is 10.6. The number of H-pyrrole nitrogens is 1. The molecule has 0 amide bonds. The number of hydrogen-bond donors (Lipinski definition) is 2. The van der Waals surface area contributed by atoms with Gasteiger partial charge in [0, 0.05) is 27.3 Å². The smallest absolute Gasteiger partial charge is 0.0965 e. The summed E-state index contributed by atoms with van der Waals surface area (Å²) in [5.41, 5.74) is 9.46. The number of fused-ring (bicyclic) bond motifs is 1. The van der Waals surface area contributed by atoms with E-state index < -0.39 is 0 Å². The standard InChI is InChI=1S/C14H13N3S/c15-14-13(9-3-1-2-4-12(9)18-14)11-7-10(16-17-11)8-5-6-8/h1-4,7-8H,5-6,15H2,(H,16,17). The number of nitrogens with two attached hydrogens (primary N) is 1. The predicted molar refractivity (Wildman–Crippen MR) is 75.8 cm³/mol. The predicted octanol–water partition coefficient (Wildman–Crippen LogP) is 3.75. The molecule has 0 atom stereocenters. The summed E-state index contributed by atoms with van der Waals surface area (Å²) in [6, 6.07) is 10.5. The first-order chi connectivity index (χ1) is 8.83. The minimum Gasteiger partial charge on any atom is -0.390 e. The molecule has 0 bridgehead atoms. The van der Waals surface area contributed by atoms with Gasteiger partial charge in [-0.15, -0.1) is 11.3 Å². The Morgan fingerprint density at radius 3 is 2.94 bits per heavy atom. The van der Waals surface area contributed by atoms with Crippen molar-refractivity contribution in [2.75, 3.05) is 5.73 Å². The third-order valence-corrected chi connectivity index (χ3v) is 4.49. The molecule has 0 saturated heterocycles. The van der Waals surface area contributed by atoms with Gasteiger partial charge in [0.05, 0.1) is 10.7 Å². The van der Waals surface area contributed by atoms with Crippen molar-refractivity contribution in [3.05, 3.63) is 36.0 Å². The zero-order valence-electron chi connectivity index (χ0n) is 9.81. The zero-order chi connectivity index (χ0) is 12.1. The van der Waals surface area contributed by atoms with Crippen LogP contribution >= 0.6 is 11.3 Å². The lowest BCUT2D eigenvalue weighted by Gasteiger charge is -1.95. The van der Waals surface area contributed by atoms with Crippen LogP contribution in [0, 0.1) is 0 Å². The highest BCUT2D eigenvalue weighted by Gasteiger charge is 2.26. The molecule has 4 rings (SSSR count). The molecule has 1 aromatic carbocycles. The van der Waals surface area contributed by atoms with Crippen molar-refractivity contribution in [2.45, 2.75) is 18.8 Å². The second-order valence-corrected chi connectivity index (χ2v) is 5.90. The van der Waals surface area contributed by atoms with Crippen LogP contribution in [0.2, 0.25) is 0 Å². The van der Waals surface area contributed by atoms with Crippen LogP contribution < -0.4 is 5.73 Å². The Morgan fingerprint density at radius 1 is 1.28 bits per heavy atom. The van der Waals surface area contributed by atoms with Crippen LogP contribution in [-0.2, 0) is 0 Å². The van der Waals surface area contributed by atoms with Gasteiger partial charge in [-0.05, 0) is 25.0 Å². The molecule has 0 aliphatic heterocycles. The van der Waals surface area contributed by atoms with Gasteiger partial charge in [-0.25, -0.2) is 0 Å². The summed E-state index contributed by atoms with van der Waals surface area (Å²) in [7, 11) is 0. The maximum atomic E-state index is 6.15. The number of nitrogens with one attached hydrogen (secondary N) is 1. The van der Waals surface area contributed by atoms with Gasteiger partial charge in [0.15, 0.2) is 0 Å². The maximum absolute atomic E-state index is 6.15. The van der Waals surface area contributed by atoms with Gasteiger partial charge in [-0.2, -0.15) is 5.10 Å². The highest BCUT2D eigenvalue weighted by atomic mass is 32.1. The van der Waals surface area contributed by atoms with Gasteiger partial charge in [-0.3, -0.25) is 5.10 Å². The minimum absolute atomic E-state index is 0.692. The fraction of sp³-hybridized carbons (Fsp3) is 0.214. The summed E-state index contributed by atoms with van der Waals surface area (Å²) in [4.78, 5) is 0. The van der Waals surface area contributed by atoms with Crippen LogP contribution in [0.5, 0.6) is 0 Å². The first-order valence-corrected chi connectivity index (χ1v) is 6.97. The Balaban J connectivity index is 1.91. The Bertz CT molecular complexity index is 722. The Kier molecular flexibility index (Phi) is 2.02. The van der Waals surface area contributed by atoms with Crippen LogP contribution in [0.3, 0.4) is 0 Å². The molecular formula is C14H13N3S. The molecule has 18 heavy (non-hydrogen) atoms. The molecular weight excluding hydrogens is 242 g/mol. The monoisotopic (exact) mass is 255 g/mol. The van der Waals surface area contributed by atoms with Crippen LogP contribution in [-0.4, -0.2) is 10.2 Å². The van der Waals surface area contributed by atoms with Crippen molar-refractivity contribution in [1.29, 1.82) is 0 Å². The van der Waals surface area contributed by atoms with E-state index in [9.17, 15) is 0 Å². The topological polar surface area (TPSA) is 54.7 Å². The molecule has 1 fully saturated rings. The molecule has 2 aromatic heterocycles. The maximum Gasteiger partial charge on any atom is 0.0965 e. The van der Waals surface area contributed by atoms with Gasteiger partial charge in [-0.1, -0.05) is 18.2 Å². The second-order valence-electron chi connectivity index (χ2n) is 4.82. The van der Waals surface area contributed by atoms with E-state index in [4.69, 9.17) is 5.73 Å². The van der Waals surface area contributed by atoms with E-state index in [-0.39, 0.29) is 0 Å². The van der Waals surface area contributed by atoms with E-state index in [1.807, 2.05) is 12.1 Å². The molecule has 3 nitrogen and oxygen atoms in total. The molecule has 1 aliphatic carbocycles. The molecule has 1 aliphatic rings. The van der Waals surface area contributed by atoms with Gasteiger partial charge in [0.1, 0.15) is 0 Å². The second kappa shape index (κ2) is 3.59. The molecule has 0 unspecified atom stereocenters. The average molecular weight is 255 g/mol. The van der Waals surface area contributed by atoms with E-state index in [1.54, 1.807) is 11.3 Å². The number of anilines is 1. The summed E-state index contributed by atoms with van der Waals surface area (Å²) in [6.45, 7) is 0. The van der Waals surface area contributed by atoms with Crippen molar-refractivity contribution < 1.29 is 0 Å². The molecule has 90 valence electrons. The van der Waals surface area contributed by atoms with E-state index in [1.165, 1.54) is 28.6 Å². The summed E-state index contributed by atoms with van der Waals surface area (Å²) in [5.74, 6) is 0.692. The van der Waals surface area contributed by atoms with E-state index in [2.05, 4.69) is 28.4 Å². The van der Waals surface area contributed by atoms with E-state index >= 15 is 0 Å². The number of aromatic amines is 1. The van der Waals surface area contributed by atoms with Gasteiger partial charge in [0.25, 0.3) is 0 Å². The molecule has 3 N–H and O–H groups in total. The number of aromatic nitrogens is 2. The normalized spacial score (nSPS) is 15.3. The van der Waals surface area contributed by atoms with E-state index in [0.717, 1.165) is 16.3 Å². The third-order valence-electron chi connectivity index (χ3n) is 3.49. The van der Waals surface area contributed by atoms with Crippen molar-refractivity contribution in [2.24, 2.45) is 0 Å². The van der Waals surface area contributed by atoms with Crippen molar-refractivity contribution >= 4 is 26.4 Å². The average Bonchev–Trinajstić information content (AvgIpc) is 3.01. The lowest BCUT2D eigenvalue weighted by atomic mass is 10.1. The largest absolute Gasteiger partial charge is 0.390 e. The number of hydrogen-bond acceptors (Lipinski definition) is 3. The summed E-state index contributed by atoms with van der Waals surface area (Å²) in [5, 5.41) is 9.63. The molecule has 0 radical (unpaired) electrons. The molecule has 0 spiro atoms. The molecule has 3 aromatic rings. The van der Waals surface area contributed by atoms with Crippen LogP contribution in [0.1, 0.15) is 24.5 Å². The van der Waals surface area contributed by atoms with Crippen molar-refractivity contribution in [3.63, 3.8) is 0 Å². The van der Waals surface area contributed by atoms with Crippen LogP contribution in [0.25, 0.3) is 21.3 Å². The lowest BCUT2D eigenvalue weighted by Crippen LogP contribution is -1.84. The quantitative estimate of drug-likeness (QED) is 0.732. The SMILES string of the molecule is Nc1sc2ccccc2c1-c1cc(C2CC2)[nH]n1. The van der Waals surface area contributed by atoms with Crippen molar-refractivity contribution in [3.8, 4) is 11.3 Å². The van der Waals surface area contributed by atoms with E-state index in [0.29, 0.717) is 5.92 Å². The number of nitrogen functional groups attached to an aromatic ring is 1. The molecule has 1 saturated carbocycles.